The van der Waals surface area contributed by atoms with Crippen LogP contribution in [0.25, 0.3) is 0 Å². The Morgan fingerprint density at radius 3 is 2.88 bits per heavy atom. The summed E-state index contributed by atoms with van der Waals surface area (Å²) in [7, 11) is 0. The first-order valence-electron chi connectivity index (χ1n) is 5.56. The van der Waals surface area contributed by atoms with Gasteiger partial charge in [0, 0.05) is 11.5 Å². The van der Waals surface area contributed by atoms with Crippen molar-refractivity contribution in [1.82, 2.24) is 0 Å². The number of carbonyl (C=O) groups is 1. The number of hydrogen-bond donors (Lipinski definition) is 1. The quantitative estimate of drug-likeness (QED) is 0.616. The maximum atomic E-state index is 11.5. The predicted molar refractivity (Wildman–Crippen MR) is 65.0 cm³/mol. The van der Waals surface area contributed by atoms with Crippen LogP contribution in [-0.2, 0) is 11.2 Å². The number of aliphatic hydroxyl groups is 1. The van der Waals surface area contributed by atoms with E-state index in [0.717, 1.165) is 24.8 Å². The maximum absolute atomic E-state index is 11.5. The second-order valence-corrected chi connectivity index (χ2v) is 4.75. The predicted octanol–water partition coefficient (Wildman–Crippen LogP) is 2.55. The first kappa shape index (κ1) is 13.2. The van der Waals surface area contributed by atoms with Gasteiger partial charge in [0.15, 0.2) is 0 Å². The van der Waals surface area contributed by atoms with Gasteiger partial charge < -0.3 is 9.84 Å². The minimum Gasteiger partial charge on any atom is -0.462 e. The van der Waals surface area contributed by atoms with E-state index in [9.17, 15) is 4.79 Å². The van der Waals surface area contributed by atoms with Crippen molar-refractivity contribution < 1.29 is 14.6 Å². The number of carbonyl (C=O) groups excluding carboxylic acids is 1. The summed E-state index contributed by atoms with van der Waals surface area (Å²) in [4.78, 5) is 13.4. The number of ether oxygens (including phenoxy) is 1. The van der Waals surface area contributed by atoms with E-state index in [1.807, 2.05) is 13.0 Å². The second-order valence-electron chi connectivity index (χ2n) is 3.62. The molecule has 0 fully saturated rings. The van der Waals surface area contributed by atoms with E-state index >= 15 is 0 Å². The Balaban J connectivity index is 2.62. The van der Waals surface area contributed by atoms with Crippen molar-refractivity contribution in [3.8, 4) is 0 Å². The average Bonchev–Trinajstić information content (AvgIpc) is 2.61. The zero-order valence-corrected chi connectivity index (χ0v) is 10.6. The molecule has 4 heteroatoms. The fourth-order valence-electron chi connectivity index (χ4n) is 1.47. The molecule has 0 saturated heterocycles. The molecule has 1 aromatic heterocycles. The van der Waals surface area contributed by atoms with Crippen LogP contribution in [0.15, 0.2) is 6.07 Å². The number of hydrogen-bond acceptors (Lipinski definition) is 4. The van der Waals surface area contributed by atoms with E-state index in [0.29, 0.717) is 11.5 Å². The summed E-state index contributed by atoms with van der Waals surface area (Å²) >= 11 is 1.50. The Hall–Kier alpha value is -0.870. The van der Waals surface area contributed by atoms with Crippen LogP contribution in [0.1, 0.15) is 39.9 Å². The molecular weight excluding hydrogens is 224 g/mol. The molecular formula is C12H18O3S. The number of aliphatic hydroxyl groups excluding tert-OH is 1. The summed E-state index contributed by atoms with van der Waals surface area (Å²) in [5, 5.41) is 8.71. The van der Waals surface area contributed by atoms with Crippen molar-refractivity contribution in [2.75, 3.05) is 13.2 Å². The van der Waals surface area contributed by atoms with Crippen molar-refractivity contribution >= 4 is 17.3 Å². The van der Waals surface area contributed by atoms with Crippen molar-refractivity contribution in [3.05, 3.63) is 21.4 Å². The Bertz CT molecular complexity index is 344. The van der Waals surface area contributed by atoms with E-state index in [4.69, 9.17) is 9.84 Å². The van der Waals surface area contributed by atoms with Crippen LogP contribution in [-0.4, -0.2) is 24.3 Å². The average molecular weight is 242 g/mol. The first-order chi connectivity index (χ1) is 7.69. The Morgan fingerprint density at radius 2 is 2.25 bits per heavy atom. The monoisotopic (exact) mass is 242 g/mol. The number of thiophene rings is 1. The van der Waals surface area contributed by atoms with Gasteiger partial charge in [0.25, 0.3) is 0 Å². The van der Waals surface area contributed by atoms with Crippen LogP contribution in [0.3, 0.4) is 0 Å². The number of aryl methyl sites for hydroxylation is 2. The van der Waals surface area contributed by atoms with Gasteiger partial charge in [-0.1, -0.05) is 0 Å². The van der Waals surface area contributed by atoms with Gasteiger partial charge in [0.05, 0.1) is 6.61 Å². The normalized spacial score (nSPS) is 10.4. The maximum Gasteiger partial charge on any atom is 0.348 e. The highest BCUT2D eigenvalue weighted by molar-refractivity contribution is 7.14. The summed E-state index contributed by atoms with van der Waals surface area (Å²) in [6.45, 7) is 4.46. The second kappa shape index (κ2) is 6.66. The molecule has 0 unspecified atom stereocenters. The van der Waals surface area contributed by atoms with Gasteiger partial charge in [-0.25, -0.2) is 4.79 Å². The lowest BCUT2D eigenvalue weighted by Gasteiger charge is -1.98. The van der Waals surface area contributed by atoms with Crippen LogP contribution < -0.4 is 0 Å². The van der Waals surface area contributed by atoms with Gasteiger partial charge in [0.2, 0.25) is 0 Å². The minimum absolute atomic E-state index is 0.231. The van der Waals surface area contributed by atoms with Crippen LogP contribution in [0.4, 0.5) is 0 Å². The molecule has 1 heterocycles. The Kier molecular flexibility index (Phi) is 5.49. The smallest absolute Gasteiger partial charge is 0.348 e. The third kappa shape index (κ3) is 3.61. The molecule has 0 bridgehead atoms. The Morgan fingerprint density at radius 1 is 1.50 bits per heavy atom. The van der Waals surface area contributed by atoms with Gasteiger partial charge in [-0.2, -0.15) is 0 Å². The minimum atomic E-state index is -0.232. The van der Waals surface area contributed by atoms with Crippen LogP contribution in [0.5, 0.6) is 0 Å². The number of esters is 1. The standard InChI is InChI=1S/C12H18O3S/c1-3-15-12(14)11-8-9(2)10(16-11)6-4-5-7-13/h8,13H,3-7H2,1-2H3. The largest absolute Gasteiger partial charge is 0.462 e. The molecule has 1 N–H and O–H groups in total. The van der Waals surface area contributed by atoms with E-state index < -0.39 is 0 Å². The molecule has 16 heavy (non-hydrogen) atoms. The molecule has 0 saturated carbocycles. The molecule has 3 nitrogen and oxygen atoms in total. The molecule has 0 aliphatic heterocycles. The zero-order chi connectivity index (χ0) is 12.0. The SMILES string of the molecule is CCOC(=O)c1cc(C)c(CCCCO)s1. The Labute approximate surface area is 100 Å². The lowest BCUT2D eigenvalue weighted by molar-refractivity contribution is 0.0532. The van der Waals surface area contributed by atoms with Gasteiger partial charge in [-0.05, 0) is 44.7 Å². The third-order valence-electron chi connectivity index (χ3n) is 2.31. The lowest BCUT2D eigenvalue weighted by atomic mass is 10.1. The molecule has 0 amide bonds. The summed E-state index contributed by atoms with van der Waals surface area (Å²) in [6, 6.07) is 1.89. The van der Waals surface area contributed by atoms with Gasteiger partial charge in [0.1, 0.15) is 4.88 Å². The molecule has 1 rings (SSSR count). The van der Waals surface area contributed by atoms with E-state index in [2.05, 4.69) is 0 Å². The van der Waals surface area contributed by atoms with Gasteiger partial charge >= 0.3 is 5.97 Å². The summed E-state index contributed by atoms with van der Waals surface area (Å²) in [5.74, 6) is -0.232. The molecule has 0 radical (unpaired) electrons. The fraction of sp³-hybridized carbons (Fsp3) is 0.583. The molecule has 0 aliphatic carbocycles. The van der Waals surface area contributed by atoms with Gasteiger partial charge in [-0.3, -0.25) is 0 Å². The summed E-state index contributed by atoms with van der Waals surface area (Å²) < 4.78 is 4.95. The van der Waals surface area contributed by atoms with Crippen molar-refractivity contribution in [2.24, 2.45) is 0 Å². The van der Waals surface area contributed by atoms with Crippen molar-refractivity contribution in [3.63, 3.8) is 0 Å². The molecule has 0 aliphatic rings. The van der Waals surface area contributed by atoms with Gasteiger partial charge in [-0.15, -0.1) is 11.3 Å². The van der Waals surface area contributed by atoms with Crippen LogP contribution in [0, 0.1) is 6.92 Å². The van der Waals surface area contributed by atoms with Crippen molar-refractivity contribution in [2.45, 2.75) is 33.1 Å². The fourth-order valence-corrected chi connectivity index (χ4v) is 2.58. The lowest BCUT2D eigenvalue weighted by Crippen LogP contribution is -2.01. The summed E-state index contributed by atoms with van der Waals surface area (Å²) in [6.07, 6.45) is 2.70. The van der Waals surface area contributed by atoms with Crippen LogP contribution in [0.2, 0.25) is 0 Å². The molecule has 90 valence electrons. The molecule has 0 atom stereocenters. The first-order valence-corrected chi connectivity index (χ1v) is 6.38. The van der Waals surface area contributed by atoms with E-state index in [-0.39, 0.29) is 12.6 Å². The van der Waals surface area contributed by atoms with E-state index in [1.165, 1.54) is 16.2 Å². The number of unbranched alkanes of at least 4 members (excludes halogenated alkanes) is 1. The number of rotatable bonds is 6. The highest BCUT2D eigenvalue weighted by Gasteiger charge is 2.12. The molecule has 0 spiro atoms. The topological polar surface area (TPSA) is 46.5 Å². The summed E-state index contributed by atoms with van der Waals surface area (Å²) in [5.41, 5.74) is 1.14. The molecule has 1 aromatic rings. The van der Waals surface area contributed by atoms with Crippen LogP contribution >= 0.6 is 11.3 Å². The van der Waals surface area contributed by atoms with Crippen molar-refractivity contribution in [1.29, 1.82) is 0 Å². The highest BCUT2D eigenvalue weighted by Crippen LogP contribution is 2.24. The highest BCUT2D eigenvalue weighted by atomic mass is 32.1. The molecule has 0 aromatic carbocycles. The van der Waals surface area contributed by atoms with E-state index in [1.54, 1.807) is 6.92 Å². The third-order valence-corrected chi connectivity index (χ3v) is 3.59. The zero-order valence-electron chi connectivity index (χ0n) is 9.78.